The second kappa shape index (κ2) is 15.1. The zero-order chi connectivity index (χ0) is 18.2. The van der Waals surface area contributed by atoms with Gasteiger partial charge in [0.1, 0.15) is 0 Å². The molecule has 1 aromatic carbocycles. The van der Waals surface area contributed by atoms with Gasteiger partial charge in [-0.05, 0) is 51.3 Å². The first-order valence-corrected chi connectivity index (χ1v) is 9.75. The number of rotatable bonds is 8. The Morgan fingerprint density at radius 2 is 1.89 bits per heavy atom. The molecule has 4 heteroatoms. The second-order valence-corrected chi connectivity index (χ2v) is 7.52. The predicted octanol–water partition coefficient (Wildman–Crippen LogP) is 7.08. The predicted molar refractivity (Wildman–Crippen MR) is 123 cm³/mol. The molecule has 1 aliphatic rings. The number of aliphatic imine (C=N–C) groups is 1. The molecule has 0 N–H and O–H groups in total. The quantitative estimate of drug-likeness (QED) is 0.194. The fraction of sp³-hybridized carbons (Fsp3) is 0.542. The summed E-state index contributed by atoms with van der Waals surface area (Å²) in [5.74, 6) is 0.463. The van der Waals surface area contributed by atoms with Crippen molar-refractivity contribution in [1.82, 2.24) is 4.90 Å². The van der Waals surface area contributed by atoms with Crippen molar-refractivity contribution in [2.24, 2.45) is 4.99 Å². The molecule has 154 valence electrons. The first-order chi connectivity index (χ1) is 12.0. The number of benzene rings is 1. The van der Waals surface area contributed by atoms with Gasteiger partial charge in [0.25, 0.3) is 0 Å². The number of nitrogens with zero attached hydrogens (tertiary/aromatic N) is 3. The molecule has 3 nitrogen and oxygen atoms in total. The fourth-order valence-corrected chi connectivity index (χ4v) is 3.20. The van der Waals surface area contributed by atoms with E-state index in [0.29, 0.717) is 5.92 Å². The summed E-state index contributed by atoms with van der Waals surface area (Å²) >= 11 is 0. The number of para-hydroxylation sites is 1. The van der Waals surface area contributed by atoms with Crippen LogP contribution < -0.4 is 0 Å². The maximum absolute atomic E-state index is 5.16. The topological polar surface area (TPSA) is 29.7 Å². The normalized spacial score (nSPS) is 14.8. The van der Waals surface area contributed by atoms with Gasteiger partial charge in [-0.15, -0.1) is 11.4 Å². The van der Waals surface area contributed by atoms with Gasteiger partial charge in [-0.25, -0.2) is 0 Å². The van der Waals surface area contributed by atoms with E-state index in [1.54, 1.807) is 0 Å². The molecule has 0 spiro atoms. The standard InChI is InChI=1S/C22H34N3.2CH3.Hf/c1-6-7-15-23-20-13-8-9-14-21(20)24-22-18(16-25(4)5)11-10-12-19(22)17(2)3;;;/h10-12,14,17H,6-9,13,15-16H2,1-5H3;2*1H3;/q3*-1;+4. The van der Waals surface area contributed by atoms with Crippen molar-refractivity contribution in [2.45, 2.75) is 65.3 Å². The molecular formula is C24H40HfN3+. The summed E-state index contributed by atoms with van der Waals surface area (Å²) in [6.07, 6.45) is 8.00. The Kier molecular flexibility index (Phi) is 15.9. The summed E-state index contributed by atoms with van der Waals surface area (Å²) < 4.78 is 0. The van der Waals surface area contributed by atoms with E-state index >= 15 is 0 Å². The van der Waals surface area contributed by atoms with Gasteiger partial charge < -0.3 is 25.1 Å². The van der Waals surface area contributed by atoms with Crippen molar-refractivity contribution in [3.8, 4) is 0 Å². The summed E-state index contributed by atoms with van der Waals surface area (Å²) in [5, 5.41) is 5.16. The minimum atomic E-state index is 0. The minimum Gasteiger partial charge on any atom is -0.656 e. The Morgan fingerprint density at radius 1 is 1.18 bits per heavy atom. The van der Waals surface area contributed by atoms with Gasteiger partial charge in [-0.2, -0.15) is 0 Å². The van der Waals surface area contributed by atoms with Crippen molar-refractivity contribution >= 4 is 11.4 Å². The summed E-state index contributed by atoms with van der Waals surface area (Å²) in [7, 11) is 4.23. The van der Waals surface area contributed by atoms with Crippen molar-refractivity contribution in [3.05, 3.63) is 61.3 Å². The molecule has 1 aliphatic carbocycles. The van der Waals surface area contributed by atoms with Gasteiger partial charge >= 0.3 is 25.8 Å². The van der Waals surface area contributed by atoms with Crippen LogP contribution in [-0.2, 0) is 32.4 Å². The molecule has 1 aromatic rings. The van der Waals surface area contributed by atoms with Crippen LogP contribution in [0.4, 0.5) is 5.69 Å². The van der Waals surface area contributed by atoms with Crippen LogP contribution in [-0.4, -0.2) is 31.3 Å². The summed E-state index contributed by atoms with van der Waals surface area (Å²) in [6.45, 7) is 8.55. The number of hydrogen-bond donors (Lipinski definition) is 0. The average molecular weight is 549 g/mol. The van der Waals surface area contributed by atoms with E-state index in [0.717, 1.165) is 43.7 Å². The molecule has 0 heterocycles. The third-order valence-corrected chi connectivity index (χ3v) is 4.56. The van der Waals surface area contributed by atoms with Gasteiger partial charge in [0.2, 0.25) is 0 Å². The van der Waals surface area contributed by atoms with Gasteiger partial charge in [0.05, 0.1) is 0 Å². The Labute approximate surface area is 193 Å². The fourth-order valence-electron chi connectivity index (χ4n) is 3.20. The van der Waals surface area contributed by atoms with Crippen LogP contribution >= 0.6 is 0 Å². The summed E-state index contributed by atoms with van der Waals surface area (Å²) in [5.41, 5.74) is 6.10. The Bertz CT molecular complexity index is 618. The van der Waals surface area contributed by atoms with Crippen LogP contribution in [0.5, 0.6) is 0 Å². The smallest absolute Gasteiger partial charge is 0.656 e. The van der Waals surface area contributed by atoms with E-state index in [1.165, 1.54) is 29.7 Å². The number of allylic oxidation sites excluding steroid dienone is 2. The molecule has 0 radical (unpaired) electrons. The molecule has 0 aliphatic heterocycles. The molecule has 0 saturated carbocycles. The first-order valence-electron chi connectivity index (χ1n) is 9.75. The van der Waals surface area contributed by atoms with E-state index in [1.807, 2.05) is 0 Å². The van der Waals surface area contributed by atoms with Gasteiger partial charge in [0.15, 0.2) is 0 Å². The van der Waals surface area contributed by atoms with Crippen LogP contribution in [0.2, 0.25) is 0 Å². The van der Waals surface area contributed by atoms with Crippen LogP contribution in [0.3, 0.4) is 0 Å². The van der Waals surface area contributed by atoms with E-state index in [-0.39, 0.29) is 40.7 Å². The molecule has 0 atom stereocenters. The van der Waals surface area contributed by atoms with Crippen molar-refractivity contribution < 1.29 is 25.8 Å². The molecule has 0 fully saturated rings. The van der Waals surface area contributed by atoms with Crippen molar-refractivity contribution in [3.63, 3.8) is 0 Å². The molecule has 0 bridgehead atoms. The Hall–Kier alpha value is -0.740. The van der Waals surface area contributed by atoms with Crippen LogP contribution in [0.1, 0.15) is 69.9 Å². The van der Waals surface area contributed by atoms with Crippen molar-refractivity contribution in [1.29, 1.82) is 0 Å². The molecule has 0 unspecified atom stereocenters. The van der Waals surface area contributed by atoms with Crippen LogP contribution in [0.15, 0.2) is 35.0 Å². The SMILES string of the molecule is CCCCN=C1CCCC=C1[N-]c1c(CN(C)C)cccc1C(C)C.[CH3-].[CH3-].[Hf+4]. The van der Waals surface area contributed by atoms with E-state index in [9.17, 15) is 0 Å². The summed E-state index contributed by atoms with van der Waals surface area (Å²) in [4.78, 5) is 7.07. The third-order valence-electron chi connectivity index (χ3n) is 4.56. The first kappa shape index (κ1) is 29.5. The minimum absolute atomic E-state index is 0. The van der Waals surface area contributed by atoms with Crippen LogP contribution in [0.25, 0.3) is 5.32 Å². The molecule has 2 rings (SSSR count). The van der Waals surface area contributed by atoms with E-state index < -0.39 is 0 Å². The molecule has 28 heavy (non-hydrogen) atoms. The maximum atomic E-state index is 5.16. The van der Waals surface area contributed by atoms with E-state index in [2.05, 4.69) is 64.0 Å². The molecule has 0 aromatic heterocycles. The third kappa shape index (κ3) is 8.73. The Balaban J connectivity index is 0. The summed E-state index contributed by atoms with van der Waals surface area (Å²) in [6, 6.07) is 6.60. The van der Waals surface area contributed by atoms with Crippen molar-refractivity contribution in [2.75, 3.05) is 20.6 Å². The molecular weight excluding hydrogens is 509 g/mol. The van der Waals surface area contributed by atoms with Gasteiger partial charge in [0, 0.05) is 18.8 Å². The maximum Gasteiger partial charge on any atom is 4.00 e. The molecule has 0 amide bonds. The van der Waals surface area contributed by atoms with E-state index in [4.69, 9.17) is 10.3 Å². The number of hydrogen-bond acceptors (Lipinski definition) is 2. The zero-order valence-corrected chi connectivity index (χ0v) is 22.8. The van der Waals surface area contributed by atoms with Crippen LogP contribution in [0, 0.1) is 14.9 Å². The molecule has 0 saturated heterocycles. The average Bonchev–Trinajstić information content (AvgIpc) is 2.57. The monoisotopic (exact) mass is 550 g/mol. The van der Waals surface area contributed by atoms with Gasteiger partial charge in [-0.3, -0.25) is 4.99 Å². The zero-order valence-electron chi connectivity index (χ0n) is 19.2. The number of unbranched alkanes of at least 4 members (excludes halogenated alkanes) is 1. The van der Waals surface area contributed by atoms with Gasteiger partial charge in [-0.1, -0.05) is 57.0 Å². The Morgan fingerprint density at radius 3 is 2.50 bits per heavy atom. The largest absolute Gasteiger partial charge is 4.00 e. The second-order valence-electron chi connectivity index (χ2n) is 7.52.